The van der Waals surface area contributed by atoms with Gasteiger partial charge in [-0.1, -0.05) is 36.4 Å². The number of aromatic nitrogens is 2. The lowest BCUT2D eigenvalue weighted by molar-refractivity contribution is 0.894. The van der Waals surface area contributed by atoms with Gasteiger partial charge < -0.3 is 5.73 Å². The standard InChI is InChI=1S/C12H12ClN3S/c1-2-11-15-10(14)7-12(16-11)17-9-5-3-4-8(13)6-9/h3-7H,2H2,1H3,(H2,14,15,16). The zero-order chi connectivity index (χ0) is 12.3. The molecule has 0 aliphatic heterocycles. The Labute approximate surface area is 109 Å². The molecule has 1 heterocycles. The molecule has 2 rings (SSSR count). The highest BCUT2D eigenvalue weighted by atomic mass is 35.5. The molecule has 0 unspecified atom stereocenters. The van der Waals surface area contributed by atoms with E-state index in [1.807, 2.05) is 31.2 Å². The van der Waals surface area contributed by atoms with Gasteiger partial charge >= 0.3 is 0 Å². The van der Waals surface area contributed by atoms with Crippen molar-refractivity contribution in [2.24, 2.45) is 0 Å². The third-order valence-corrected chi connectivity index (χ3v) is 3.25. The van der Waals surface area contributed by atoms with Crippen LogP contribution in [0.15, 0.2) is 40.3 Å². The molecule has 0 bridgehead atoms. The zero-order valence-electron chi connectivity index (χ0n) is 9.35. The summed E-state index contributed by atoms with van der Waals surface area (Å²) in [7, 11) is 0. The first kappa shape index (κ1) is 12.2. The van der Waals surface area contributed by atoms with E-state index in [0.717, 1.165) is 22.2 Å². The number of aryl methyl sites for hydroxylation is 1. The maximum Gasteiger partial charge on any atom is 0.131 e. The summed E-state index contributed by atoms with van der Waals surface area (Å²) in [4.78, 5) is 9.58. The van der Waals surface area contributed by atoms with Crippen molar-refractivity contribution in [1.29, 1.82) is 0 Å². The molecule has 1 aromatic carbocycles. The normalized spacial score (nSPS) is 10.5. The summed E-state index contributed by atoms with van der Waals surface area (Å²) in [6.45, 7) is 2.00. The van der Waals surface area contributed by atoms with Gasteiger partial charge in [-0.25, -0.2) is 9.97 Å². The van der Waals surface area contributed by atoms with Crippen molar-refractivity contribution in [3.63, 3.8) is 0 Å². The molecule has 88 valence electrons. The van der Waals surface area contributed by atoms with Crippen LogP contribution in [0, 0.1) is 0 Å². The predicted octanol–water partition coefficient (Wildman–Crippen LogP) is 3.43. The number of hydrogen-bond donors (Lipinski definition) is 1. The fourth-order valence-corrected chi connectivity index (χ4v) is 2.51. The molecule has 0 aliphatic carbocycles. The largest absolute Gasteiger partial charge is 0.384 e. The molecule has 0 atom stereocenters. The second-order valence-corrected chi connectivity index (χ2v) is 4.99. The van der Waals surface area contributed by atoms with Crippen molar-refractivity contribution in [3.8, 4) is 0 Å². The first-order valence-electron chi connectivity index (χ1n) is 5.24. The van der Waals surface area contributed by atoms with E-state index in [0.29, 0.717) is 10.8 Å². The van der Waals surface area contributed by atoms with Crippen LogP contribution < -0.4 is 5.73 Å². The minimum atomic E-state index is 0.501. The van der Waals surface area contributed by atoms with E-state index >= 15 is 0 Å². The number of nitrogens with two attached hydrogens (primary N) is 1. The van der Waals surface area contributed by atoms with Gasteiger partial charge in [-0.15, -0.1) is 0 Å². The van der Waals surface area contributed by atoms with Crippen LogP contribution in [-0.2, 0) is 6.42 Å². The van der Waals surface area contributed by atoms with Crippen molar-refractivity contribution in [2.75, 3.05) is 5.73 Å². The minimum absolute atomic E-state index is 0.501. The summed E-state index contributed by atoms with van der Waals surface area (Å²) < 4.78 is 0. The second-order valence-electron chi connectivity index (χ2n) is 3.46. The second kappa shape index (κ2) is 5.38. The summed E-state index contributed by atoms with van der Waals surface area (Å²) in [5, 5.41) is 1.56. The maximum absolute atomic E-state index is 5.93. The minimum Gasteiger partial charge on any atom is -0.384 e. The number of nitrogens with zero attached hydrogens (tertiary/aromatic N) is 2. The molecule has 3 nitrogen and oxygen atoms in total. The van der Waals surface area contributed by atoms with Gasteiger partial charge in [0, 0.05) is 22.4 Å². The van der Waals surface area contributed by atoms with Gasteiger partial charge in [0.15, 0.2) is 0 Å². The average Bonchev–Trinajstić information content (AvgIpc) is 2.28. The Morgan fingerprint density at radius 2 is 2.12 bits per heavy atom. The Balaban J connectivity index is 2.26. The van der Waals surface area contributed by atoms with E-state index in [1.165, 1.54) is 11.8 Å². The molecule has 0 spiro atoms. The summed E-state index contributed by atoms with van der Waals surface area (Å²) in [6.07, 6.45) is 0.772. The first-order valence-corrected chi connectivity index (χ1v) is 6.43. The summed E-state index contributed by atoms with van der Waals surface area (Å²) in [6, 6.07) is 9.41. The van der Waals surface area contributed by atoms with E-state index in [2.05, 4.69) is 9.97 Å². The van der Waals surface area contributed by atoms with E-state index in [9.17, 15) is 0 Å². The van der Waals surface area contributed by atoms with E-state index in [1.54, 1.807) is 6.07 Å². The Morgan fingerprint density at radius 3 is 2.82 bits per heavy atom. The quantitative estimate of drug-likeness (QED) is 0.864. The highest BCUT2D eigenvalue weighted by molar-refractivity contribution is 7.99. The van der Waals surface area contributed by atoms with E-state index < -0.39 is 0 Å². The molecule has 0 saturated carbocycles. The molecular formula is C12H12ClN3S. The fraction of sp³-hybridized carbons (Fsp3) is 0.167. The SMILES string of the molecule is CCc1nc(N)cc(Sc2cccc(Cl)c2)n1. The number of benzene rings is 1. The van der Waals surface area contributed by atoms with Crippen molar-refractivity contribution >= 4 is 29.2 Å². The Bertz CT molecular complexity index is 531. The van der Waals surface area contributed by atoms with Crippen LogP contribution in [0.5, 0.6) is 0 Å². The molecule has 17 heavy (non-hydrogen) atoms. The molecule has 0 fully saturated rings. The molecule has 1 aromatic heterocycles. The van der Waals surface area contributed by atoms with E-state index in [-0.39, 0.29) is 0 Å². The third-order valence-electron chi connectivity index (χ3n) is 2.10. The molecule has 2 aromatic rings. The number of halogens is 1. The van der Waals surface area contributed by atoms with Gasteiger partial charge in [-0.2, -0.15) is 0 Å². The number of hydrogen-bond acceptors (Lipinski definition) is 4. The Morgan fingerprint density at radius 1 is 1.29 bits per heavy atom. The molecule has 0 saturated heterocycles. The van der Waals surface area contributed by atoms with Gasteiger partial charge in [-0.3, -0.25) is 0 Å². The smallest absolute Gasteiger partial charge is 0.131 e. The molecule has 0 aliphatic rings. The maximum atomic E-state index is 5.93. The van der Waals surface area contributed by atoms with Crippen LogP contribution >= 0.6 is 23.4 Å². The highest BCUT2D eigenvalue weighted by Crippen LogP contribution is 2.28. The van der Waals surface area contributed by atoms with Crippen LogP contribution in [0.2, 0.25) is 5.02 Å². The lowest BCUT2D eigenvalue weighted by Crippen LogP contribution is -1.99. The summed E-state index contributed by atoms with van der Waals surface area (Å²) >= 11 is 7.46. The van der Waals surface area contributed by atoms with Crippen molar-refractivity contribution in [3.05, 3.63) is 41.2 Å². The van der Waals surface area contributed by atoms with Crippen molar-refractivity contribution in [2.45, 2.75) is 23.3 Å². The van der Waals surface area contributed by atoms with Gasteiger partial charge in [0.2, 0.25) is 0 Å². The zero-order valence-corrected chi connectivity index (χ0v) is 10.9. The van der Waals surface area contributed by atoms with Gasteiger partial charge in [0.05, 0.1) is 0 Å². The van der Waals surface area contributed by atoms with Crippen molar-refractivity contribution in [1.82, 2.24) is 9.97 Å². The van der Waals surface area contributed by atoms with Crippen LogP contribution in [-0.4, -0.2) is 9.97 Å². The molecule has 0 radical (unpaired) electrons. The van der Waals surface area contributed by atoms with Crippen LogP contribution in [0.1, 0.15) is 12.7 Å². The molecular weight excluding hydrogens is 254 g/mol. The fourth-order valence-electron chi connectivity index (χ4n) is 1.35. The Hall–Kier alpha value is -1.26. The van der Waals surface area contributed by atoms with Crippen LogP contribution in [0.25, 0.3) is 0 Å². The van der Waals surface area contributed by atoms with Gasteiger partial charge in [0.25, 0.3) is 0 Å². The molecule has 2 N–H and O–H groups in total. The monoisotopic (exact) mass is 265 g/mol. The van der Waals surface area contributed by atoms with Gasteiger partial charge in [0.1, 0.15) is 16.7 Å². The lowest BCUT2D eigenvalue weighted by atomic mass is 10.4. The predicted molar refractivity (Wildman–Crippen MR) is 71.4 cm³/mol. The van der Waals surface area contributed by atoms with Crippen LogP contribution in [0.4, 0.5) is 5.82 Å². The lowest BCUT2D eigenvalue weighted by Gasteiger charge is -2.04. The van der Waals surface area contributed by atoms with Gasteiger partial charge in [-0.05, 0) is 18.2 Å². The molecule has 0 amide bonds. The first-order chi connectivity index (χ1) is 8.17. The highest BCUT2D eigenvalue weighted by Gasteiger charge is 2.03. The summed E-state index contributed by atoms with van der Waals surface area (Å²) in [5.41, 5.74) is 5.73. The van der Waals surface area contributed by atoms with E-state index in [4.69, 9.17) is 17.3 Å². The number of nitrogen functional groups attached to an aromatic ring is 1. The Kier molecular flexibility index (Phi) is 3.86. The van der Waals surface area contributed by atoms with Crippen molar-refractivity contribution < 1.29 is 0 Å². The third kappa shape index (κ3) is 3.35. The summed E-state index contributed by atoms with van der Waals surface area (Å²) in [5.74, 6) is 1.26. The topological polar surface area (TPSA) is 51.8 Å². The number of rotatable bonds is 3. The number of anilines is 1. The van der Waals surface area contributed by atoms with Crippen LogP contribution in [0.3, 0.4) is 0 Å². The average molecular weight is 266 g/mol. The molecule has 5 heteroatoms.